The van der Waals surface area contributed by atoms with E-state index in [1.165, 1.54) is 23.1 Å². The molecule has 1 fully saturated rings. The zero-order valence-electron chi connectivity index (χ0n) is 16.9. The number of aryl methyl sites for hydroxylation is 2. The Hall–Kier alpha value is -2.40. The number of carbonyl (C=O) groups excluding carboxylic acids is 1. The van der Waals surface area contributed by atoms with Gasteiger partial charge in [0.2, 0.25) is 0 Å². The Morgan fingerprint density at radius 3 is 2.36 bits per heavy atom. The summed E-state index contributed by atoms with van der Waals surface area (Å²) in [5, 5.41) is 7.13. The van der Waals surface area contributed by atoms with E-state index in [2.05, 4.69) is 49.6 Å². The molecule has 0 radical (unpaired) electrons. The Morgan fingerprint density at radius 2 is 1.71 bits per heavy atom. The number of rotatable bonds is 4. The molecular formula is C23H29N3OS. The van der Waals surface area contributed by atoms with Crippen molar-refractivity contribution >= 4 is 28.9 Å². The SMILES string of the molecule is Cc1ccc([C@H](C)NC(=S)Nc2ccc(C(=O)N3CCCCC3)cc2)c(C)c1. The number of piperidine rings is 1. The molecule has 1 amide bonds. The monoisotopic (exact) mass is 395 g/mol. The second-order valence-corrected chi connectivity index (χ2v) is 8.02. The van der Waals surface area contributed by atoms with Crippen LogP contribution in [0.1, 0.15) is 59.3 Å². The van der Waals surface area contributed by atoms with Crippen LogP contribution >= 0.6 is 12.2 Å². The highest BCUT2D eigenvalue weighted by Crippen LogP contribution is 2.19. The van der Waals surface area contributed by atoms with Crippen LogP contribution in [0, 0.1) is 13.8 Å². The fourth-order valence-corrected chi connectivity index (χ4v) is 4.02. The number of nitrogens with zero attached hydrogens (tertiary/aromatic N) is 1. The Labute approximate surface area is 173 Å². The largest absolute Gasteiger partial charge is 0.356 e. The molecule has 0 saturated carbocycles. The number of anilines is 1. The smallest absolute Gasteiger partial charge is 0.253 e. The van der Waals surface area contributed by atoms with Crippen LogP contribution in [-0.2, 0) is 0 Å². The van der Waals surface area contributed by atoms with Gasteiger partial charge in [-0.1, -0.05) is 23.8 Å². The molecule has 0 aromatic heterocycles. The quantitative estimate of drug-likeness (QED) is 0.717. The topological polar surface area (TPSA) is 44.4 Å². The lowest BCUT2D eigenvalue weighted by Crippen LogP contribution is -2.35. The number of hydrogen-bond donors (Lipinski definition) is 2. The molecule has 148 valence electrons. The number of nitrogens with one attached hydrogen (secondary N) is 2. The third-order valence-corrected chi connectivity index (χ3v) is 5.49. The van der Waals surface area contributed by atoms with Crippen LogP contribution in [0.15, 0.2) is 42.5 Å². The molecule has 1 atom stereocenters. The van der Waals surface area contributed by atoms with Crippen molar-refractivity contribution in [3.63, 3.8) is 0 Å². The van der Waals surface area contributed by atoms with Gasteiger partial charge in [0.1, 0.15) is 0 Å². The van der Waals surface area contributed by atoms with E-state index in [1.807, 2.05) is 29.2 Å². The molecule has 1 aliphatic rings. The molecule has 1 saturated heterocycles. The van der Waals surface area contributed by atoms with E-state index in [1.54, 1.807) is 0 Å². The molecule has 1 heterocycles. The van der Waals surface area contributed by atoms with Gasteiger partial charge in [-0.15, -0.1) is 0 Å². The summed E-state index contributed by atoms with van der Waals surface area (Å²) in [6, 6.07) is 14.1. The lowest BCUT2D eigenvalue weighted by molar-refractivity contribution is 0.0724. The van der Waals surface area contributed by atoms with Crippen LogP contribution in [0.3, 0.4) is 0 Å². The second-order valence-electron chi connectivity index (χ2n) is 7.61. The number of hydrogen-bond acceptors (Lipinski definition) is 2. The molecule has 4 nitrogen and oxygen atoms in total. The van der Waals surface area contributed by atoms with Crippen molar-refractivity contribution in [2.75, 3.05) is 18.4 Å². The van der Waals surface area contributed by atoms with Crippen molar-refractivity contribution in [2.24, 2.45) is 0 Å². The summed E-state index contributed by atoms with van der Waals surface area (Å²) >= 11 is 5.47. The Morgan fingerprint density at radius 1 is 1.04 bits per heavy atom. The second kappa shape index (κ2) is 9.20. The van der Waals surface area contributed by atoms with Crippen LogP contribution < -0.4 is 10.6 Å². The lowest BCUT2D eigenvalue weighted by Gasteiger charge is -2.26. The number of carbonyl (C=O) groups is 1. The third kappa shape index (κ3) is 5.10. The predicted molar refractivity (Wildman–Crippen MR) is 120 cm³/mol. The average molecular weight is 396 g/mol. The Kier molecular flexibility index (Phi) is 6.68. The minimum Gasteiger partial charge on any atom is -0.356 e. The van der Waals surface area contributed by atoms with Crippen molar-refractivity contribution < 1.29 is 4.79 Å². The highest BCUT2D eigenvalue weighted by atomic mass is 32.1. The van der Waals surface area contributed by atoms with E-state index >= 15 is 0 Å². The Bertz CT molecular complexity index is 841. The maximum absolute atomic E-state index is 12.6. The lowest BCUT2D eigenvalue weighted by atomic mass is 10.0. The zero-order valence-corrected chi connectivity index (χ0v) is 17.7. The first kappa shape index (κ1) is 20.3. The standard InChI is InChI=1S/C23H29N3OS/c1-16-7-12-21(17(2)15-16)18(3)24-23(28)25-20-10-8-19(9-11-20)22(27)26-13-5-4-6-14-26/h7-12,15,18H,4-6,13-14H2,1-3H3,(H2,24,25,28)/t18-/m0/s1. The van der Waals surface area contributed by atoms with Crippen molar-refractivity contribution in [3.05, 3.63) is 64.7 Å². The van der Waals surface area contributed by atoms with Gasteiger partial charge in [0.05, 0.1) is 6.04 Å². The summed E-state index contributed by atoms with van der Waals surface area (Å²) < 4.78 is 0. The van der Waals surface area contributed by atoms with Crippen LogP contribution in [0.25, 0.3) is 0 Å². The van der Waals surface area contributed by atoms with Gasteiger partial charge in [0.15, 0.2) is 5.11 Å². The van der Waals surface area contributed by atoms with E-state index in [4.69, 9.17) is 12.2 Å². The summed E-state index contributed by atoms with van der Waals surface area (Å²) in [5.74, 6) is 0.121. The third-order valence-electron chi connectivity index (χ3n) is 5.27. The first-order valence-corrected chi connectivity index (χ1v) is 10.4. The molecule has 28 heavy (non-hydrogen) atoms. The van der Waals surface area contributed by atoms with E-state index in [0.717, 1.165) is 37.2 Å². The van der Waals surface area contributed by atoms with Crippen molar-refractivity contribution in [3.8, 4) is 0 Å². The van der Waals surface area contributed by atoms with Crippen LogP contribution in [0.2, 0.25) is 0 Å². The number of likely N-dealkylation sites (tertiary alicyclic amines) is 1. The summed E-state index contributed by atoms with van der Waals surface area (Å²) in [6.45, 7) is 8.05. The van der Waals surface area contributed by atoms with E-state index in [9.17, 15) is 4.79 Å². The maximum atomic E-state index is 12.6. The summed E-state index contributed by atoms with van der Waals surface area (Å²) in [7, 11) is 0. The van der Waals surface area contributed by atoms with Gasteiger partial charge in [0, 0.05) is 24.3 Å². The summed E-state index contributed by atoms with van der Waals surface area (Å²) in [4.78, 5) is 14.5. The minimum atomic E-state index is 0.112. The fraction of sp³-hybridized carbons (Fsp3) is 0.391. The molecule has 2 N–H and O–H groups in total. The summed E-state index contributed by atoms with van der Waals surface area (Å²) in [6.07, 6.45) is 3.42. The molecule has 2 aromatic rings. The molecule has 1 aliphatic heterocycles. The van der Waals surface area contributed by atoms with Crippen LogP contribution in [-0.4, -0.2) is 29.0 Å². The number of benzene rings is 2. The van der Waals surface area contributed by atoms with Gasteiger partial charge in [0.25, 0.3) is 5.91 Å². The number of amides is 1. The predicted octanol–water partition coefficient (Wildman–Crippen LogP) is 4.98. The van der Waals surface area contributed by atoms with Crippen LogP contribution in [0.4, 0.5) is 5.69 Å². The van der Waals surface area contributed by atoms with Crippen molar-refractivity contribution in [1.82, 2.24) is 10.2 Å². The molecule has 0 spiro atoms. The Balaban J connectivity index is 1.57. The molecule has 0 bridgehead atoms. The van der Waals surface area contributed by atoms with Crippen molar-refractivity contribution in [1.29, 1.82) is 0 Å². The van der Waals surface area contributed by atoms with Gasteiger partial charge in [-0.3, -0.25) is 4.79 Å². The van der Waals surface area contributed by atoms with Crippen LogP contribution in [0.5, 0.6) is 0 Å². The summed E-state index contributed by atoms with van der Waals surface area (Å²) in [5.41, 5.74) is 5.35. The minimum absolute atomic E-state index is 0.112. The van der Waals surface area contributed by atoms with Crippen molar-refractivity contribution in [2.45, 2.75) is 46.1 Å². The van der Waals surface area contributed by atoms with E-state index in [-0.39, 0.29) is 11.9 Å². The number of thiocarbonyl (C=S) groups is 1. The van der Waals surface area contributed by atoms with Gasteiger partial charge in [-0.25, -0.2) is 0 Å². The first-order chi connectivity index (χ1) is 13.4. The maximum Gasteiger partial charge on any atom is 0.253 e. The average Bonchev–Trinajstić information content (AvgIpc) is 2.68. The van der Waals surface area contributed by atoms with Gasteiger partial charge >= 0.3 is 0 Å². The highest BCUT2D eigenvalue weighted by Gasteiger charge is 2.18. The van der Waals surface area contributed by atoms with Gasteiger partial charge < -0.3 is 15.5 Å². The van der Waals surface area contributed by atoms with E-state index in [0.29, 0.717) is 5.11 Å². The molecular weight excluding hydrogens is 366 g/mol. The molecule has 2 aromatic carbocycles. The zero-order chi connectivity index (χ0) is 20.1. The molecule has 0 unspecified atom stereocenters. The normalized spacial score (nSPS) is 15.0. The molecule has 5 heteroatoms. The highest BCUT2D eigenvalue weighted by molar-refractivity contribution is 7.80. The fourth-order valence-electron chi connectivity index (χ4n) is 3.73. The van der Waals surface area contributed by atoms with E-state index < -0.39 is 0 Å². The van der Waals surface area contributed by atoms with Gasteiger partial charge in [-0.05, 0) is 87.6 Å². The molecule has 0 aliphatic carbocycles. The molecule has 3 rings (SSSR count). The first-order valence-electron chi connectivity index (χ1n) is 9.98. The van der Waals surface area contributed by atoms with Gasteiger partial charge in [-0.2, -0.15) is 0 Å².